The molecule has 2 aromatic rings. The molecule has 1 N–H and O–H groups in total. The maximum Gasteiger partial charge on any atom is 0.204 e. The van der Waals surface area contributed by atoms with E-state index in [4.69, 9.17) is 4.98 Å². The lowest BCUT2D eigenvalue weighted by Crippen LogP contribution is -2.05. The van der Waals surface area contributed by atoms with Crippen molar-refractivity contribution in [3.05, 3.63) is 35.2 Å². The number of aryl methyl sites for hydroxylation is 1. The first-order valence-corrected chi connectivity index (χ1v) is 8.99. The Morgan fingerprint density at radius 1 is 1.00 bits per heavy atom. The second kappa shape index (κ2) is 7.54. The van der Waals surface area contributed by atoms with Crippen molar-refractivity contribution in [1.82, 2.24) is 4.98 Å². The van der Waals surface area contributed by atoms with Gasteiger partial charge < -0.3 is 0 Å². The van der Waals surface area contributed by atoms with Crippen LogP contribution in [-0.2, 0) is 0 Å². The largest absolute Gasteiger partial charge is 0.253 e. The van der Waals surface area contributed by atoms with Crippen LogP contribution >= 0.6 is 11.3 Å². The highest BCUT2D eigenvalue weighted by Crippen LogP contribution is 2.30. The van der Waals surface area contributed by atoms with Crippen LogP contribution in [0.25, 0.3) is 11.3 Å². The molecule has 1 aliphatic rings. The topological polar surface area (TPSA) is 37.3 Å². The van der Waals surface area contributed by atoms with Crippen molar-refractivity contribution in [3.8, 4) is 11.3 Å². The van der Waals surface area contributed by atoms with E-state index in [-0.39, 0.29) is 0 Å². The van der Waals surface area contributed by atoms with Crippen molar-refractivity contribution < 1.29 is 0 Å². The zero-order valence-electron chi connectivity index (χ0n) is 13.1. The highest BCUT2D eigenvalue weighted by Gasteiger charge is 2.10. The lowest BCUT2D eigenvalue weighted by molar-refractivity contribution is 0.606. The van der Waals surface area contributed by atoms with Crippen molar-refractivity contribution in [3.63, 3.8) is 0 Å². The normalized spacial score (nSPS) is 16.0. The SMILES string of the molecule is Cc1sc(NN=C2CCCCCCC2)nc1-c1ccccc1. The number of hydrazone groups is 1. The van der Waals surface area contributed by atoms with Crippen molar-refractivity contribution in [1.29, 1.82) is 0 Å². The summed E-state index contributed by atoms with van der Waals surface area (Å²) in [5.74, 6) is 0. The Bertz CT molecular complexity index is 621. The lowest BCUT2D eigenvalue weighted by Gasteiger charge is -2.10. The van der Waals surface area contributed by atoms with Crippen LogP contribution in [0, 0.1) is 6.92 Å². The quantitative estimate of drug-likeness (QED) is 0.745. The molecule has 0 atom stereocenters. The number of hydrogen-bond acceptors (Lipinski definition) is 4. The van der Waals surface area contributed by atoms with Crippen LogP contribution in [0.15, 0.2) is 35.4 Å². The molecule has 1 aromatic heterocycles. The van der Waals surface area contributed by atoms with E-state index in [0.29, 0.717) is 0 Å². The van der Waals surface area contributed by atoms with Gasteiger partial charge in [0.25, 0.3) is 0 Å². The summed E-state index contributed by atoms with van der Waals surface area (Å²) >= 11 is 1.68. The summed E-state index contributed by atoms with van der Waals surface area (Å²) in [6.07, 6.45) is 8.86. The van der Waals surface area contributed by atoms with Gasteiger partial charge in [0.15, 0.2) is 0 Å². The monoisotopic (exact) mass is 313 g/mol. The Hall–Kier alpha value is -1.68. The van der Waals surface area contributed by atoms with Crippen LogP contribution < -0.4 is 5.43 Å². The minimum absolute atomic E-state index is 0.894. The molecule has 3 rings (SSSR count). The predicted molar refractivity (Wildman–Crippen MR) is 95.7 cm³/mol. The van der Waals surface area contributed by atoms with Crippen LogP contribution in [0.1, 0.15) is 49.8 Å². The first-order chi connectivity index (χ1) is 10.8. The average molecular weight is 313 g/mol. The summed E-state index contributed by atoms with van der Waals surface area (Å²) in [6.45, 7) is 2.12. The second-order valence-electron chi connectivity index (χ2n) is 5.85. The molecule has 1 aliphatic carbocycles. The molecule has 4 heteroatoms. The second-order valence-corrected chi connectivity index (χ2v) is 7.05. The Kier molecular flexibility index (Phi) is 5.22. The molecule has 0 aliphatic heterocycles. The summed E-state index contributed by atoms with van der Waals surface area (Å²) in [5, 5.41) is 5.51. The molecule has 3 nitrogen and oxygen atoms in total. The van der Waals surface area contributed by atoms with Crippen molar-refractivity contribution >= 4 is 22.2 Å². The minimum Gasteiger partial charge on any atom is -0.253 e. The average Bonchev–Trinajstić information content (AvgIpc) is 2.88. The zero-order valence-corrected chi connectivity index (χ0v) is 14.0. The van der Waals surface area contributed by atoms with E-state index in [0.717, 1.165) is 23.7 Å². The third kappa shape index (κ3) is 3.95. The van der Waals surface area contributed by atoms with Gasteiger partial charge in [-0.2, -0.15) is 5.10 Å². The van der Waals surface area contributed by atoms with Crippen LogP contribution in [0.5, 0.6) is 0 Å². The van der Waals surface area contributed by atoms with Gasteiger partial charge in [-0.1, -0.05) is 49.6 Å². The van der Waals surface area contributed by atoms with Gasteiger partial charge in [-0.15, -0.1) is 11.3 Å². The molecule has 116 valence electrons. The van der Waals surface area contributed by atoms with Crippen LogP contribution in [0.2, 0.25) is 0 Å². The molecule has 0 radical (unpaired) electrons. The first-order valence-electron chi connectivity index (χ1n) is 8.17. The van der Waals surface area contributed by atoms with E-state index < -0.39 is 0 Å². The fraction of sp³-hybridized carbons (Fsp3) is 0.444. The van der Waals surface area contributed by atoms with E-state index >= 15 is 0 Å². The van der Waals surface area contributed by atoms with E-state index in [1.807, 2.05) is 6.07 Å². The molecule has 1 heterocycles. The molecule has 1 aromatic carbocycles. The molecule has 1 saturated carbocycles. The van der Waals surface area contributed by atoms with E-state index in [1.165, 1.54) is 48.3 Å². The maximum absolute atomic E-state index is 4.71. The number of benzene rings is 1. The number of hydrogen-bond donors (Lipinski definition) is 1. The number of aromatic nitrogens is 1. The maximum atomic E-state index is 4.71. The van der Waals surface area contributed by atoms with E-state index in [2.05, 4.69) is 41.7 Å². The first kappa shape index (κ1) is 15.2. The number of anilines is 1. The molecular formula is C18H23N3S. The molecule has 0 saturated heterocycles. The van der Waals surface area contributed by atoms with E-state index in [9.17, 15) is 0 Å². The van der Waals surface area contributed by atoms with Crippen molar-refractivity contribution in [2.75, 3.05) is 5.43 Å². The Morgan fingerprint density at radius 3 is 2.41 bits per heavy atom. The predicted octanol–water partition coefficient (Wildman–Crippen LogP) is 5.63. The summed E-state index contributed by atoms with van der Waals surface area (Å²) in [4.78, 5) is 5.94. The van der Waals surface area contributed by atoms with Crippen LogP contribution in [-0.4, -0.2) is 10.7 Å². The number of nitrogens with one attached hydrogen (secondary N) is 1. The minimum atomic E-state index is 0.894. The smallest absolute Gasteiger partial charge is 0.204 e. The molecule has 0 bridgehead atoms. The fourth-order valence-corrected chi connectivity index (χ4v) is 3.64. The summed E-state index contributed by atoms with van der Waals surface area (Å²) < 4.78 is 0. The van der Waals surface area contributed by atoms with Gasteiger partial charge in [-0.05, 0) is 32.6 Å². The Morgan fingerprint density at radius 2 is 1.68 bits per heavy atom. The third-order valence-corrected chi connectivity index (χ3v) is 4.96. The standard InChI is InChI=1S/C18H23N3S/c1-14-17(15-10-6-5-7-11-15)19-18(22-14)21-20-16-12-8-3-2-4-9-13-16/h5-7,10-11H,2-4,8-9,12-13H2,1H3,(H,19,21). The van der Waals surface area contributed by atoms with Gasteiger partial charge in [0, 0.05) is 16.2 Å². The summed E-state index contributed by atoms with van der Waals surface area (Å²) in [5.41, 5.74) is 6.72. The van der Waals surface area contributed by atoms with Crippen LogP contribution in [0.3, 0.4) is 0 Å². The van der Waals surface area contributed by atoms with Gasteiger partial charge in [-0.3, -0.25) is 5.43 Å². The van der Waals surface area contributed by atoms with Gasteiger partial charge in [0.2, 0.25) is 5.13 Å². The molecule has 0 spiro atoms. The summed E-state index contributed by atoms with van der Waals surface area (Å²) in [6, 6.07) is 10.3. The third-order valence-electron chi connectivity index (χ3n) is 4.08. The van der Waals surface area contributed by atoms with Gasteiger partial charge >= 0.3 is 0 Å². The highest BCUT2D eigenvalue weighted by atomic mass is 32.1. The highest BCUT2D eigenvalue weighted by molar-refractivity contribution is 7.15. The number of rotatable bonds is 3. The molecule has 0 unspecified atom stereocenters. The van der Waals surface area contributed by atoms with Crippen LogP contribution in [0.4, 0.5) is 5.13 Å². The summed E-state index contributed by atoms with van der Waals surface area (Å²) in [7, 11) is 0. The number of thiazole rings is 1. The van der Waals surface area contributed by atoms with Gasteiger partial charge in [-0.25, -0.2) is 4.98 Å². The molecule has 0 amide bonds. The number of nitrogens with zero attached hydrogens (tertiary/aromatic N) is 2. The fourth-order valence-electron chi connectivity index (χ4n) is 2.86. The molecular weight excluding hydrogens is 290 g/mol. The van der Waals surface area contributed by atoms with Gasteiger partial charge in [0.05, 0.1) is 5.69 Å². The zero-order chi connectivity index (χ0) is 15.2. The lowest BCUT2D eigenvalue weighted by atomic mass is 9.99. The van der Waals surface area contributed by atoms with Crippen molar-refractivity contribution in [2.24, 2.45) is 5.10 Å². The van der Waals surface area contributed by atoms with Gasteiger partial charge in [0.1, 0.15) is 0 Å². The van der Waals surface area contributed by atoms with E-state index in [1.54, 1.807) is 11.3 Å². The Balaban J connectivity index is 1.70. The molecule has 22 heavy (non-hydrogen) atoms. The Labute approximate surface area is 136 Å². The van der Waals surface area contributed by atoms with Crippen molar-refractivity contribution in [2.45, 2.75) is 51.9 Å². The molecule has 1 fully saturated rings.